The van der Waals surface area contributed by atoms with Crippen LogP contribution in [0.15, 0.2) is 40.8 Å². The molecule has 0 bridgehead atoms. The highest BCUT2D eigenvalue weighted by molar-refractivity contribution is 6.01. The van der Waals surface area contributed by atoms with E-state index in [1.165, 1.54) is 0 Å². The molecule has 0 unspecified atom stereocenters. The number of hydrogen-bond donors (Lipinski definition) is 1. The number of fused-ring (bicyclic) bond motifs is 1. The van der Waals surface area contributed by atoms with E-state index in [4.69, 9.17) is 0 Å². The molecule has 0 amide bonds. The maximum Gasteiger partial charge on any atom is 0.184 e. The summed E-state index contributed by atoms with van der Waals surface area (Å²) in [5, 5.41) is 3.07. The number of benzene rings is 1. The summed E-state index contributed by atoms with van der Waals surface area (Å²) in [6.45, 7) is 7.20. The first-order valence-corrected chi connectivity index (χ1v) is 6.23. The molecule has 18 heavy (non-hydrogen) atoms. The average Bonchev–Trinajstić information content (AvgIpc) is 2.51. The van der Waals surface area contributed by atoms with Crippen LogP contribution in [0.5, 0.6) is 0 Å². The van der Waals surface area contributed by atoms with Crippen LogP contribution in [0.4, 0.5) is 15.8 Å². The van der Waals surface area contributed by atoms with Crippen molar-refractivity contribution >= 4 is 17.2 Å². The highest BCUT2D eigenvalue weighted by Gasteiger charge is 2.20. The summed E-state index contributed by atoms with van der Waals surface area (Å²) in [5.74, 6) is 0.129. The Balaban J connectivity index is 2.54. The summed E-state index contributed by atoms with van der Waals surface area (Å²) in [6, 6.07) is 7.61. The largest absolute Gasteiger partial charge is 0.355 e. The predicted octanol–water partition coefficient (Wildman–Crippen LogP) is 3.68. The number of anilines is 1. The summed E-state index contributed by atoms with van der Waals surface area (Å²) in [6.07, 6.45) is 0. The van der Waals surface area contributed by atoms with Gasteiger partial charge in [-0.1, -0.05) is 12.1 Å². The quantitative estimate of drug-likeness (QED) is 0.863. The van der Waals surface area contributed by atoms with Crippen LogP contribution in [-0.2, 0) is 0 Å². The molecule has 0 aliphatic carbocycles. The van der Waals surface area contributed by atoms with Crippen LogP contribution < -0.4 is 5.32 Å². The first-order chi connectivity index (χ1) is 8.67. The number of amidine groups is 1. The van der Waals surface area contributed by atoms with Gasteiger partial charge in [-0.3, -0.25) is 0 Å². The van der Waals surface area contributed by atoms with Gasteiger partial charge in [0.1, 0.15) is 0 Å². The van der Waals surface area contributed by atoms with Crippen LogP contribution in [0.2, 0.25) is 0 Å². The molecule has 96 valence electrons. The number of aliphatic imine (C=N–C) groups is 1. The topological polar surface area (TPSA) is 27.6 Å². The van der Waals surface area contributed by atoms with Gasteiger partial charge in [-0.05, 0) is 32.9 Å². The van der Waals surface area contributed by atoms with Crippen LogP contribution in [0, 0.1) is 0 Å². The monoisotopic (exact) mass is 247 g/mol. The van der Waals surface area contributed by atoms with E-state index in [-0.39, 0.29) is 5.83 Å². The number of likely N-dealkylation sites (N-methyl/N-ethyl adjacent to an activating group) is 1. The van der Waals surface area contributed by atoms with Crippen molar-refractivity contribution < 1.29 is 4.39 Å². The Hall–Kier alpha value is -1.84. The molecule has 1 aliphatic rings. The zero-order chi connectivity index (χ0) is 13.1. The van der Waals surface area contributed by atoms with Gasteiger partial charge < -0.3 is 10.2 Å². The number of rotatable bonds is 2. The summed E-state index contributed by atoms with van der Waals surface area (Å²) < 4.78 is 14.3. The second-order valence-electron chi connectivity index (χ2n) is 4.19. The fourth-order valence-corrected chi connectivity index (χ4v) is 2.00. The van der Waals surface area contributed by atoms with Crippen molar-refractivity contribution in [2.45, 2.75) is 20.8 Å². The molecule has 2 rings (SSSR count). The van der Waals surface area contributed by atoms with Gasteiger partial charge in [0.15, 0.2) is 11.7 Å². The Kier molecular flexibility index (Phi) is 3.65. The van der Waals surface area contributed by atoms with Crippen LogP contribution in [0.3, 0.4) is 0 Å². The molecular weight excluding hydrogens is 229 g/mol. The van der Waals surface area contributed by atoms with E-state index >= 15 is 0 Å². The number of nitrogens with zero attached hydrogens (tertiary/aromatic N) is 2. The highest BCUT2D eigenvalue weighted by Crippen LogP contribution is 2.31. The molecule has 3 nitrogen and oxygen atoms in total. The molecule has 1 N–H and O–H groups in total. The summed E-state index contributed by atoms with van der Waals surface area (Å²) in [4.78, 5) is 6.38. The molecule has 1 aliphatic heterocycles. The van der Waals surface area contributed by atoms with Gasteiger partial charge in [-0.2, -0.15) is 0 Å². The SMILES string of the molecule is CCN(CC)C1=Nc2ccccc2NC(C)=C1F. The molecule has 0 radical (unpaired) electrons. The molecule has 0 atom stereocenters. The molecule has 1 aromatic rings. The average molecular weight is 247 g/mol. The second-order valence-corrected chi connectivity index (χ2v) is 4.19. The minimum atomic E-state index is -0.282. The lowest BCUT2D eigenvalue weighted by Gasteiger charge is -2.21. The van der Waals surface area contributed by atoms with E-state index in [9.17, 15) is 4.39 Å². The van der Waals surface area contributed by atoms with Crippen LogP contribution >= 0.6 is 0 Å². The summed E-state index contributed by atoms with van der Waals surface area (Å²) in [7, 11) is 0. The molecule has 0 aromatic heterocycles. The lowest BCUT2D eigenvalue weighted by Crippen LogP contribution is -2.31. The van der Waals surface area contributed by atoms with Crippen molar-refractivity contribution in [3.05, 3.63) is 35.8 Å². The van der Waals surface area contributed by atoms with Crippen LogP contribution in [0.1, 0.15) is 20.8 Å². The van der Waals surface area contributed by atoms with Gasteiger partial charge in [0.2, 0.25) is 0 Å². The van der Waals surface area contributed by atoms with E-state index in [0.29, 0.717) is 11.5 Å². The zero-order valence-electron chi connectivity index (χ0n) is 11.0. The third-order valence-electron chi connectivity index (χ3n) is 3.04. The number of allylic oxidation sites excluding steroid dienone is 1. The molecule has 1 aromatic carbocycles. The molecule has 4 heteroatoms. The van der Waals surface area contributed by atoms with Crippen molar-refractivity contribution in [1.82, 2.24) is 4.90 Å². The molecule has 0 saturated heterocycles. The standard InChI is InChI=1S/C14H18FN3/c1-4-18(5-2)14-13(15)10(3)16-11-8-6-7-9-12(11)17-14/h6-9,16H,4-5H2,1-3H3. The van der Waals surface area contributed by atoms with Crippen molar-refractivity contribution in [2.24, 2.45) is 4.99 Å². The third-order valence-corrected chi connectivity index (χ3v) is 3.04. The van der Waals surface area contributed by atoms with Crippen molar-refractivity contribution in [3.63, 3.8) is 0 Å². The number of nitrogens with one attached hydrogen (secondary N) is 1. The minimum absolute atomic E-state index is 0.282. The fraction of sp³-hybridized carbons (Fsp3) is 0.357. The first kappa shape index (κ1) is 12.6. The van der Waals surface area contributed by atoms with E-state index < -0.39 is 0 Å². The van der Waals surface area contributed by atoms with Gasteiger partial charge >= 0.3 is 0 Å². The Morgan fingerprint density at radius 2 is 1.89 bits per heavy atom. The van der Waals surface area contributed by atoms with Crippen molar-refractivity contribution in [3.8, 4) is 0 Å². The van der Waals surface area contributed by atoms with Crippen molar-refractivity contribution in [2.75, 3.05) is 18.4 Å². The van der Waals surface area contributed by atoms with E-state index in [1.807, 2.05) is 43.0 Å². The smallest absolute Gasteiger partial charge is 0.184 e. The second kappa shape index (κ2) is 5.21. The third kappa shape index (κ3) is 2.23. The van der Waals surface area contributed by atoms with Crippen molar-refractivity contribution in [1.29, 1.82) is 0 Å². The van der Waals surface area contributed by atoms with Gasteiger partial charge in [0.05, 0.1) is 17.1 Å². The molecule has 1 heterocycles. The highest BCUT2D eigenvalue weighted by atomic mass is 19.1. The predicted molar refractivity (Wildman–Crippen MR) is 73.9 cm³/mol. The number of hydrogen-bond acceptors (Lipinski definition) is 3. The zero-order valence-corrected chi connectivity index (χ0v) is 11.0. The lowest BCUT2D eigenvalue weighted by molar-refractivity contribution is 0.452. The first-order valence-electron chi connectivity index (χ1n) is 6.23. The van der Waals surface area contributed by atoms with E-state index in [2.05, 4.69) is 10.3 Å². The Morgan fingerprint density at radius 1 is 1.22 bits per heavy atom. The van der Waals surface area contributed by atoms with Gasteiger partial charge in [0.25, 0.3) is 0 Å². The Labute approximate surface area is 107 Å². The van der Waals surface area contributed by atoms with Gasteiger partial charge in [-0.15, -0.1) is 0 Å². The number of halogens is 1. The maximum absolute atomic E-state index is 14.3. The minimum Gasteiger partial charge on any atom is -0.355 e. The Bertz CT molecular complexity index is 502. The molecule has 0 spiro atoms. The summed E-state index contributed by atoms with van der Waals surface area (Å²) >= 11 is 0. The van der Waals surface area contributed by atoms with Gasteiger partial charge in [-0.25, -0.2) is 9.38 Å². The van der Waals surface area contributed by atoms with Crippen LogP contribution in [-0.4, -0.2) is 23.8 Å². The normalized spacial score (nSPS) is 14.6. The molecular formula is C14H18FN3. The van der Waals surface area contributed by atoms with E-state index in [0.717, 1.165) is 24.5 Å². The van der Waals surface area contributed by atoms with Crippen LogP contribution in [0.25, 0.3) is 0 Å². The fourth-order valence-electron chi connectivity index (χ4n) is 2.00. The van der Waals surface area contributed by atoms with E-state index in [1.54, 1.807) is 6.92 Å². The molecule has 0 saturated carbocycles. The van der Waals surface area contributed by atoms with Gasteiger partial charge in [0, 0.05) is 13.1 Å². The number of para-hydroxylation sites is 2. The lowest BCUT2D eigenvalue weighted by atomic mass is 10.2. The molecule has 0 fully saturated rings. The maximum atomic E-state index is 14.3. The Morgan fingerprint density at radius 3 is 2.56 bits per heavy atom. The summed E-state index contributed by atoms with van der Waals surface area (Å²) in [5.41, 5.74) is 2.12.